The van der Waals surface area contributed by atoms with E-state index in [0.29, 0.717) is 6.54 Å². The van der Waals surface area contributed by atoms with Crippen molar-refractivity contribution in [2.45, 2.75) is 25.9 Å². The van der Waals surface area contributed by atoms with Gasteiger partial charge in [-0.2, -0.15) is 0 Å². The number of hydrogen-bond acceptors (Lipinski definition) is 3. The quantitative estimate of drug-likeness (QED) is 0.886. The van der Waals surface area contributed by atoms with Crippen LogP contribution in [-0.2, 0) is 16.1 Å². The number of amides is 2. The summed E-state index contributed by atoms with van der Waals surface area (Å²) in [5.41, 5.74) is 4.21. The zero-order chi connectivity index (χ0) is 19.4. The summed E-state index contributed by atoms with van der Waals surface area (Å²) >= 11 is 0. The SMILES string of the molecule is CC(=O)N1C=Cc2ccccc2[C@@H]1CC(=O)NCc1ccc(N(C)C)cc1. The minimum absolute atomic E-state index is 0.0715. The Kier molecular flexibility index (Phi) is 5.60. The number of carbonyl (C=O) groups excluding carboxylic acids is 2. The van der Waals surface area contributed by atoms with Crippen molar-refractivity contribution in [3.05, 3.63) is 71.4 Å². The molecule has 0 fully saturated rings. The van der Waals surface area contributed by atoms with E-state index in [-0.39, 0.29) is 24.3 Å². The lowest BCUT2D eigenvalue weighted by Gasteiger charge is -2.32. The Balaban J connectivity index is 1.66. The van der Waals surface area contributed by atoms with Gasteiger partial charge in [-0.15, -0.1) is 0 Å². The molecule has 0 aromatic heterocycles. The molecule has 5 heteroatoms. The van der Waals surface area contributed by atoms with Gasteiger partial charge in [0, 0.05) is 39.5 Å². The van der Waals surface area contributed by atoms with Gasteiger partial charge in [0.15, 0.2) is 0 Å². The Morgan fingerprint density at radius 1 is 1.07 bits per heavy atom. The fourth-order valence-corrected chi connectivity index (χ4v) is 3.27. The molecule has 1 aliphatic heterocycles. The third-order valence-electron chi connectivity index (χ3n) is 4.79. The first-order valence-corrected chi connectivity index (χ1v) is 9.04. The largest absolute Gasteiger partial charge is 0.378 e. The second kappa shape index (κ2) is 8.08. The highest BCUT2D eigenvalue weighted by molar-refractivity contribution is 5.81. The topological polar surface area (TPSA) is 52.7 Å². The van der Waals surface area contributed by atoms with Crippen LogP contribution in [0.15, 0.2) is 54.7 Å². The molecule has 5 nitrogen and oxygen atoms in total. The van der Waals surface area contributed by atoms with E-state index in [1.165, 1.54) is 6.92 Å². The predicted molar refractivity (Wildman–Crippen MR) is 108 cm³/mol. The van der Waals surface area contributed by atoms with Crippen LogP contribution in [0.2, 0.25) is 0 Å². The third kappa shape index (κ3) is 4.37. The Morgan fingerprint density at radius 2 is 1.78 bits per heavy atom. The van der Waals surface area contributed by atoms with Gasteiger partial charge in [0.1, 0.15) is 0 Å². The molecule has 0 radical (unpaired) electrons. The molecule has 1 atom stereocenters. The summed E-state index contributed by atoms with van der Waals surface area (Å²) in [6, 6.07) is 15.7. The molecule has 2 aromatic rings. The number of benzene rings is 2. The van der Waals surface area contributed by atoms with Gasteiger partial charge in [-0.05, 0) is 34.9 Å². The van der Waals surface area contributed by atoms with Crippen LogP contribution in [0.4, 0.5) is 5.69 Å². The summed E-state index contributed by atoms with van der Waals surface area (Å²) in [6.07, 6.45) is 3.91. The first-order valence-electron chi connectivity index (χ1n) is 9.04. The van der Waals surface area contributed by atoms with E-state index < -0.39 is 0 Å². The molecule has 0 unspecified atom stereocenters. The molecule has 0 saturated carbocycles. The van der Waals surface area contributed by atoms with Gasteiger partial charge in [-0.3, -0.25) is 9.59 Å². The highest BCUT2D eigenvalue weighted by Gasteiger charge is 2.27. The van der Waals surface area contributed by atoms with Gasteiger partial charge in [0.05, 0.1) is 12.5 Å². The summed E-state index contributed by atoms with van der Waals surface area (Å²) in [5, 5.41) is 2.97. The number of hydrogen-bond donors (Lipinski definition) is 1. The van der Waals surface area contributed by atoms with Gasteiger partial charge >= 0.3 is 0 Å². The van der Waals surface area contributed by atoms with Crippen molar-refractivity contribution in [2.24, 2.45) is 0 Å². The third-order valence-corrected chi connectivity index (χ3v) is 4.79. The standard InChI is InChI=1S/C22H25N3O2/c1-16(26)25-13-12-18-6-4-5-7-20(18)21(25)14-22(27)23-15-17-8-10-19(11-9-17)24(2)3/h4-13,21H,14-15H2,1-3H3,(H,23,27)/t21-/m0/s1. The molecule has 0 spiro atoms. The van der Waals surface area contributed by atoms with Crippen molar-refractivity contribution in [2.75, 3.05) is 19.0 Å². The summed E-state index contributed by atoms with van der Waals surface area (Å²) < 4.78 is 0. The second-order valence-corrected chi connectivity index (χ2v) is 6.93. The highest BCUT2D eigenvalue weighted by Crippen LogP contribution is 2.32. The maximum atomic E-state index is 12.6. The number of nitrogens with one attached hydrogen (secondary N) is 1. The molecule has 2 aromatic carbocycles. The van der Waals surface area contributed by atoms with Crippen LogP contribution >= 0.6 is 0 Å². The second-order valence-electron chi connectivity index (χ2n) is 6.93. The molecule has 140 valence electrons. The van der Waals surface area contributed by atoms with Crippen molar-refractivity contribution >= 4 is 23.6 Å². The van der Waals surface area contributed by atoms with Crippen LogP contribution in [0.5, 0.6) is 0 Å². The minimum atomic E-state index is -0.278. The molecule has 3 rings (SSSR count). The molecule has 1 N–H and O–H groups in total. The molecule has 1 aliphatic rings. The van der Waals surface area contributed by atoms with Crippen molar-refractivity contribution in [1.82, 2.24) is 10.2 Å². The van der Waals surface area contributed by atoms with E-state index in [9.17, 15) is 9.59 Å². The fraction of sp³-hybridized carbons (Fsp3) is 0.273. The van der Waals surface area contributed by atoms with Crippen molar-refractivity contribution in [1.29, 1.82) is 0 Å². The molecular weight excluding hydrogens is 338 g/mol. The fourth-order valence-electron chi connectivity index (χ4n) is 3.27. The van der Waals surface area contributed by atoms with Crippen LogP contribution in [0, 0.1) is 0 Å². The summed E-state index contributed by atoms with van der Waals surface area (Å²) in [5.74, 6) is -0.147. The molecular formula is C22H25N3O2. The van der Waals surface area contributed by atoms with E-state index in [1.807, 2.05) is 73.6 Å². The van der Waals surface area contributed by atoms with Gasteiger partial charge in [-0.25, -0.2) is 0 Å². The normalized spacial score (nSPS) is 15.2. The highest BCUT2D eigenvalue weighted by atomic mass is 16.2. The number of nitrogens with zero attached hydrogens (tertiary/aromatic N) is 2. The average Bonchev–Trinajstić information content (AvgIpc) is 2.66. The van der Waals surface area contributed by atoms with E-state index in [2.05, 4.69) is 5.32 Å². The van der Waals surface area contributed by atoms with Crippen molar-refractivity contribution < 1.29 is 9.59 Å². The number of carbonyl (C=O) groups is 2. The smallest absolute Gasteiger partial charge is 0.223 e. The van der Waals surface area contributed by atoms with Crippen LogP contribution in [0.3, 0.4) is 0 Å². The van der Waals surface area contributed by atoms with Crippen molar-refractivity contribution in [3.63, 3.8) is 0 Å². The van der Waals surface area contributed by atoms with Gasteiger partial charge < -0.3 is 15.1 Å². The molecule has 0 bridgehead atoms. The maximum Gasteiger partial charge on any atom is 0.223 e. The van der Waals surface area contributed by atoms with Crippen LogP contribution in [0.25, 0.3) is 6.08 Å². The molecule has 1 heterocycles. The summed E-state index contributed by atoms with van der Waals surface area (Å²) in [6.45, 7) is 1.99. The first-order chi connectivity index (χ1) is 13.0. The maximum absolute atomic E-state index is 12.6. The minimum Gasteiger partial charge on any atom is -0.378 e. The van der Waals surface area contributed by atoms with Crippen LogP contribution in [-0.4, -0.2) is 30.8 Å². The van der Waals surface area contributed by atoms with Gasteiger partial charge in [-0.1, -0.05) is 36.4 Å². The van der Waals surface area contributed by atoms with E-state index in [1.54, 1.807) is 11.1 Å². The molecule has 0 aliphatic carbocycles. The Labute approximate surface area is 160 Å². The lowest BCUT2D eigenvalue weighted by Crippen LogP contribution is -2.35. The Morgan fingerprint density at radius 3 is 2.44 bits per heavy atom. The molecule has 27 heavy (non-hydrogen) atoms. The van der Waals surface area contributed by atoms with Gasteiger partial charge in [0.25, 0.3) is 0 Å². The number of anilines is 1. The Hall–Kier alpha value is -3.08. The lowest BCUT2D eigenvalue weighted by atomic mass is 9.93. The first kappa shape index (κ1) is 18.7. The number of rotatable bonds is 5. The summed E-state index contributed by atoms with van der Waals surface area (Å²) in [4.78, 5) is 28.2. The molecule has 0 saturated heterocycles. The van der Waals surface area contributed by atoms with Gasteiger partial charge in [0.2, 0.25) is 11.8 Å². The summed E-state index contributed by atoms with van der Waals surface area (Å²) in [7, 11) is 3.99. The van der Waals surface area contributed by atoms with E-state index in [4.69, 9.17) is 0 Å². The zero-order valence-electron chi connectivity index (χ0n) is 16.0. The predicted octanol–water partition coefficient (Wildman–Crippen LogP) is 3.33. The zero-order valence-corrected chi connectivity index (χ0v) is 16.0. The monoisotopic (exact) mass is 363 g/mol. The van der Waals surface area contributed by atoms with Crippen molar-refractivity contribution in [3.8, 4) is 0 Å². The molecule has 2 amide bonds. The average molecular weight is 363 g/mol. The van der Waals surface area contributed by atoms with E-state index in [0.717, 1.165) is 22.4 Å². The Bertz CT molecular complexity index is 856. The lowest BCUT2D eigenvalue weighted by molar-refractivity contribution is -0.130. The number of fused-ring (bicyclic) bond motifs is 1. The van der Waals surface area contributed by atoms with Crippen LogP contribution in [0.1, 0.15) is 36.1 Å². The van der Waals surface area contributed by atoms with Crippen LogP contribution < -0.4 is 10.2 Å². The van der Waals surface area contributed by atoms with E-state index >= 15 is 0 Å².